The average molecular weight is 257 g/mol. The van der Waals surface area contributed by atoms with E-state index in [0.29, 0.717) is 16.6 Å². The Morgan fingerprint density at radius 1 is 1.29 bits per heavy atom. The third-order valence-corrected chi connectivity index (χ3v) is 3.77. The molecule has 17 heavy (non-hydrogen) atoms. The summed E-state index contributed by atoms with van der Waals surface area (Å²) in [6.45, 7) is 6.18. The molecule has 1 atom stereocenters. The largest absolute Gasteiger partial charge is 0.316 e. The van der Waals surface area contributed by atoms with Crippen LogP contribution in [0.15, 0.2) is 29.2 Å². The molecule has 96 valence electrons. The van der Waals surface area contributed by atoms with Crippen LogP contribution in [-0.4, -0.2) is 23.1 Å². The van der Waals surface area contributed by atoms with Gasteiger partial charge in [0.1, 0.15) is 5.82 Å². The van der Waals surface area contributed by atoms with Gasteiger partial charge in [-0.05, 0) is 49.7 Å². The fourth-order valence-corrected chi connectivity index (χ4v) is 2.51. The molecule has 1 N–H and O–H groups in total. The number of benzene rings is 1. The first-order chi connectivity index (χ1) is 8.09. The van der Waals surface area contributed by atoms with Gasteiger partial charge in [0.15, 0.2) is 0 Å². The molecule has 2 nitrogen and oxygen atoms in total. The fraction of sp³-hybridized carbons (Fsp3) is 0.538. The lowest BCUT2D eigenvalue weighted by Gasteiger charge is -2.07. The zero-order valence-electron chi connectivity index (χ0n) is 10.4. The summed E-state index contributed by atoms with van der Waals surface area (Å²) in [5.41, 5.74) is 0. The normalized spacial score (nSPS) is 12.9. The molecule has 0 heterocycles. The second-order valence-corrected chi connectivity index (χ2v) is 6.03. The summed E-state index contributed by atoms with van der Waals surface area (Å²) in [7, 11) is -1.01. The molecule has 0 aliphatic carbocycles. The Labute approximate surface area is 105 Å². The van der Waals surface area contributed by atoms with E-state index in [1.807, 2.05) is 0 Å². The van der Waals surface area contributed by atoms with Gasteiger partial charge in [-0.2, -0.15) is 0 Å². The van der Waals surface area contributed by atoms with Gasteiger partial charge < -0.3 is 5.32 Å². The Hall–Kier alpha value is -0.740. The van der Waals surface area contributed by atoms with Gasteiger partial charge in [-0.3, -0.25) is 4.21 Å². The maximum atomic E-state index is 12.7. The average Bonchev–Trinajstić information content (AvgIpc) is 2.29. The summed E-state index contributed by atoms with van der Waals surface area (Å²) in [4.78, 5) is 0.704. The van der Waals surface area contributed by atoms with Gasteiger partial charge in [-0.1, -0.05) is 13.8 Å². The van der Waals surface area contributed by atoms with Crippen LogP contribution in [-0.2, 0) is 10.8 Å². The molecule has 0 saturated heterocycles. The molecule has 0 saturated carbocycles. The van der Waals surface area contributed by atoms with E-state index in [0.717, 1.165) is 19.5 Å². The van der Waals surface area contributed by atoms with Crippen LogP contribution in [0.1, 0.15) is 20.3 Å². The SMILES string of the molecule is CC(C)CNCCCS(=O)c1ccc(F)cc1. The van der Waals surface area contributed by atoms with Gasteiger partial charge in [-0.15, -0.1) is 0 Å². The van der Waals surface area contributed by atoms with E-state index in [9.17, 15) is 8.60 Å². The lowest BCUT2D eigenvalue weighted by Crippen LogP contribution is -2.21. The maximum Gasteiger partial charge on any atom is 0.123 e. The van der Waals surface area contributed by atoms with E-state index in [1.54, 1.807) is 12.1 Å². The molecular formula is C13H20FNOS. The molecule has 1 rings (SSSR count). The van der Waals surface area contributed by atoms with Crippen molar-refractivity contribution in [2.75, 3.05) is 18.8 Å². The van der Waals surface area contributed by atoms with Crippen LogP contribution in [0.2, 0.25) is 0 Å². The second kappa shape index (κ2) is 7.56. The van der Waals surface area contributed by atoms with Crippen LogP contribution in [0.3, 0.4) is 0 Å². The molecule has 0 bridgehead atoms. The van der Waals surface area contributed by atoms with Crippen molar-refractivity contribution in [3.05, 3.63) is 30.1 Å². The zero-order chi connectivity index (χ0) is 12.7. The van der Waals surface area contributed by atoms with Gasteiger partial charge in [-0.25, -0.2) is 4.39 Å². The summed E-state index contributed by atoms with van der Waals surface area (Å²) >= 11 is 0. The van der Waals surface area contributed by atoms with E-state index in [1.165, 1.54) is 12.1 Å². The van der Waals surface area contributed by atoms with Crippen molar-refractivity contribution in [2.24, 2.45) is 5.92 Å². The van der Waals surface area contributed by atoms with Crippen LogP contribution in [0.25, 0.3) is 0 Å². The van der Waals surface area contributed by atoms with Gasteiger partial charge in [0, 0.05) is 10.6 Å². The predicted molar refractivity (Wildman–Crippen MR) is 70.0 cm³/mol. The minimum Gasteiger partial charge on any atom is -0.316 e. The van der Waals surface area contributed by atoms with Crippen molar-refractivity contribution in [1.82, 2.24) is 5.32 Å². The van der Waals surface area contributed by atoms with Crippen molar-refractivity contribution in [3.8, 4) is 0 Å². The van der Waals surface area contributed by atoms with Crippen molar-refractivity contribution in [2.45, 2.75) is 25.2 Å². The van der Waals surface area contributed by atoms with Gasteiger partial charge in [0.2, 0.25) is 0 Å². The first kappa shape index (κ1) is 14.3. The molecule has 1 aromatic carbocycles. The summed E-state index contributed by atoms with van der Waals surface area (Å²) in [5, 5.41) is 3.31. The number of hydrogen-bond donors (Lipinski definition) is 1. The highest BCUT2D eigenvalue weighted by atomic mass is 32.2. The Kier molecular flexibility index (Phi) is 6.37. The molecule has 0 amide bonds. The highest BCUT2D eigenvalue weighted by Gasteiger charge is 2.03. The summed E-state index contributed by atoms with van der Waals surface area (Å²) in [6.07, 6.45) is 0.872. The van der Waals surface area contributed by atoms with Crippen LogP contribution < -0.4 is 5.32 Å². The molecule has 4 heteroatoms. The van der Waals surface area contributed by atoms with Gasteiger partial charge in [0.05, 0.1) is 10.8 Å². The number of hydrogen-bond acceptors (Lipinski definition) is 2. The predicted octanol–water partition coefficient (Wildman–Crippen LogP) is 2.57. The Bertz CT molecular complexity index is 351. The lowest BCUT2D eigenvalue weighted by molar-refractivity contribution is 0.550. The van der Waals surface area contributed by atoms with Crippen LogP contribution in [0, 0.1) is 11.7 Å². The highest BCUT2D eigenvalue weighted by molar-refractivity contribution is 7.85. The van der Waals surface area contributed by atoms with E-state index in [-0.39, 0.29) is 5.82 Å². The smallest absolute Gasteiger partial charge is 0.123 e. The maximum absolute atomic E-state index is 12.7. The summed E-state index contributed by atoms with van der Waals surface area (Å²) < 4.78 is 24.5. The van der Waals surface area contributed by atoms with E-state index >= 15 is 0 Å². The summed E-state index contributed by atoms with van der Waals surface area (Å²) in [5.74, 6) is 0.971. The molecule has 0 aromatic heterocycles. The van der Waals surface area contributed by atoms with Gasteiger partial charge in [0.25, 0.3) is 0 Å². The summed E-state index contributed by atoms with van der Waals surface area (Å²) in [6, 6.07) is 5.88. The molecule has 0 aliphatic heterocycles. The monoisotopic (exact) mass is 257 g/mol. The first-order valence-corrected chi connectivity index (χ1v) is 7.26. The molecule has 0 spiro atoms. The van der Waals surface area contributed by atoms with Gasteiger partial charge >= 0.3 is 0 Å². The minimum absolute atomic E-state index is 0.288. The Morgan fingerprint density at radius 2 is 1.94 bits per heavy atom. The molecular weight excluding hydrogens is 237 g/mol. The van der Waals surface area contributed by atoms with Crippen LogP contribution in [0.4, 0.5) is 4.39 Å². The Balaban J connectivity index is 2.23. The molecule has 0 aliphatic rings. The molecule has 1 aromatic rings. The molecule has 0 fully saturated rings. The van der Waals surface area contributed by atoms with E-state index in [4.69, 9.17) is 0 Å². The third-order valence-electron chi connectivity index (χ3n) is 2.31. The standard InChI is InChI=1S/C13H20FNOS/c1-11(2)10-15-8-3-9-17(16)13-6-4-12(14)5-7-13/h4-7,11,15H,3,8-10H2,1-2H3. The number of nitrogens with one attached hydrogen (secondary N) is 1. The van der Waals surface area contributed by atoms with Crippen molar-refractivity contribution >= 4 is 10.8 Å². The lowest BCUT2D eigenvalue weighted by atomic mass is 10.2. The zero-order valence-corrected chi connectivity index (χ0v) is 11.2. The quantitative estimate of drug-likeness (QED) is 0.761. The van der Waals surface area contributed by atoms with Crippen molar-refractivity contribution in [3.63, 3.8) is 0 Å². The molecule has 0 radical (unpaired) electrons. The third kappa shape index (κ3) is 5.94. The Morgan fingerprint density at radius 3 is 2.53 bits per heavy atom. The number of halogens is 1. The minimum atomic E-state index is -1.01. The van der Waals surface area contributed by atoms with E-state index < -0.39 is 10.8 Å². The first-order valence-electron chi connectivity index (χ1n) is 5.94. The van der Waals surface area contributed by atoms with Crippen LogP contribution >= 0.6 is 0 Å². The second-order valence-electron chi connectivity index (χ2n) is 4.46. The fourth-order valence-electron chi connectivity index (χ4n) is 1.42. The number of rotatable bonds is 7. The van der Waals surface area contributed by atoms with Crippen LogP contribution in [0.5, 0.6) is 0 Å². The van der Waals surface area contributed by atoms with Crippen molar-refractivity contribution < 1.29 is 8.60 Å². The van der Waals surface area contributed by atoms with Crippen molar-refractivity contribution in [1.29, 1.82) is 0 Å². The molecule has 1 unspecified atom stereocenters. The highest BCUT2D eigenvalue weighted by Crippen LogP contribution is 2.08. The topological polar surface area (TPSA) is 29.1 Å². The van der Waals surface area contributed by atoms with E-state index in [2.05, 4.69) is 19.2 Å².